The predicted octanol–water partition coefficient (Wildman–Crippen LogP) is 2.91. The van der Waals surface area contributed by atoms with Crippen LogP contribution in [0.5, 0.6) is 0 Å². The number of halogens is 1. The molecule has 0 fully saturated rings. The highest BCUT2D eigenvalue weighted by Gasteiger charge is 2.15. The number of carbonyl (C=O) groups excluding carboxylic acids is 2. The number of carbonyl (C=O) groups is 2. The lowest BCUT2D eigenvalue weighted by Crippen LogP contribution is -2.32. The Morgan fingerprint density at radius 3 is 2.43 bits per heavy atom. The van der Waals surface area contributed by atoms with Gasteiger partial charge in [0.05, 0.1) is 13.5 Å². The lowest BCUT2D eigenvalue weighted by atomic mass is 10.1. The fraction of sp³-hybridized carbons (Fsp3) is 0.500. The first-order valence-corrected chi connectivity index (χ1v) is 7.15. The van der Waals surface area contributed by atoms with Crippen molar-refractivity contribution in [2.24, 2.45) is 0 Å². The molecule has 0 aliphatic rings. The van der Waals surface area contributed by atoms with E-state index in [0.29, 0.717) is 19.5 Å². The van der Waals surface area contributed by atoms with Gasteiger partial charge in [0.25, 0.3) is 0 Å². The van der Waals surface area contributed by atoms with Gasteiger partial charge in [0, 0.05) is 19.5 Å². The van der Waals surface area contributed by atoms with E-state index in [-0.39, 0.29) is 24.1 Å². The molecule has 0 aliphatic heterocycles. The molecule has 0 spiro atoms. The summed E-state index contributed by atoms with van der Waals surface area (Å²) in [6.07, 6.45) is 2.37. The van der Waals surface area contributed by atoms with Gasteiger partial charge in [-0.3, -0.25) is 9.59 Å². The van der Waals surface area contributed by atoms with Crippen LogP contribution in [0.25, 0.3) is 0 Å². The van der Waals surface area contributed by atoms with Crippen LogP contribution >= 0.6 is 0 Å². The van der Waals surface area contributed by atoms with Crippen molar-refractivity contribution in [2.75, 3.05) is 13.7 Å². The van der Waals surface area contributed by atoms with E-state index in [2.05, 4.69) is 4.74 Å². The van der Waals surface area contributed by atoms with Gasteiger partial charge in [-0.1, -0.05) is 25.5 Å². The van der Waals surface area contributed by atoms with Crippen molar-refractivity contribution >= 4 is 11.9 Å². The van der Waals surface area contributed by atoms with E-state index in [4.69, 9.17) is 0 Å². The fourth-order valence-corrected chi connectivity index (χ4v) is 1.92. The zero-order valence-electron chi connectivity index (χ0n) is 12.6. The summed E-state index contributed by atoms with van der Waals surface area (Å²) in [4.78, 5) is 25.0. The average Bonchev–Trinajstić information content (AvgIpc) is 2.50. The second-order valence-corrected chi connectivity index (χ2v) is 4.87. The van der Waals surface area contributed by atoms with E-state index in [1.165, 1.54) is 19.2 Å². The largest absolute Gasteiger partial charge is 0.469 e. The molecule has 0 saturated heterocycles. The molecule has 4 nitrogen and oxygen atoms in total. The van der Waals surface area contributed by atoms with Crippen molar-refractivity contribution in [3.8, 4) is 0 Å². The monoisotopic (exact) mass is 295 g/mol. The molecule has 0 atom stereocenters. The van der Waals surface area contributed by atoms with Crippen LogP contribution in [0.3, 0.4) is 0 Å². The molecule has 1 aromatic rings. The molecule has 0 radical (unpaired) electrons. The lowest BCUT2D eigenvalue weighted by molar-refractivity contribution is -0.142. The zero-order chi connectivity index (χ0) is 15.7. The van der Waals surface area contributed by atoms with E-state index < -0.39 is 0 Å². The summed E-state index contributed by atoms with van der Waals surface area (Å²) < 4.78 is 17.5. The van der Waals surface area contributed by atoms with Gasteiger partial charge in [0.15, 0.2) is 0 Å². The number of methoxy groups -OCH3 is 1. The van der Waals surface area contributed by atoms with E-state index in [1.807, 2.05) is 6.92 Å². The standard InChI is InChI=1S/C16H22FNO3/c1-3-4-5-15(19)18(11-10-16(20)21-2)12-13-6-8-14(17)9-7-13/h6-9H,3-5,10-12H2,1-2H3. The molecule has 0 saturated carbocycles. The molecule has 0 aromatic heterocycles. The van der Waals surface area contributed by atoms with Crippen LogP contribution in [-0.2, 0) is 20.9 Å². The zero-order valence-corrected chi connectivity index (χ0v) is 12.6. The topological polar surface area (TPSA) is 46.6 Å². The molecule has 21 heavy (non-hydrogen) atoms. The summed E-state index contributed by atoms with van der Waals surface area (Å²) in [6.45, 7) is 2.71. The maximum Gasteiger partial charge on any atom is 0.307 e. The van der Waals surface area contributed by atoms with Gasteiger partial charge in [-0.05, 0) is 24.1 Å². The predicted molar refractivity (Wildman–Crippen MR) is 78.0 cm³/mol. The van der Waals surface area contributed by atoms with Crippen molar-refractivity contribution in [3.05, 3.63) is 35.6 Å². The molecule has 0 N–H and O–H groups in total. The first-order chi connectivity index (χ1) is 10.1. The van der Waals surface area contributed by atoms with Crippen LogP contribution in [0.15, 0.2) is 24.3 Å². The van der Waals surface area contributed by atoms with Crippen LogP contribution in [-0.4, -0.2) is 30.4 Å². The first-order valence-electron chi connectivity index (χ1n) is 7.15. The third-order valence-electron chi connectivity index (χ3n) is 3.20. The van der Waals surface area contributed by atoms with Gasteiger partial charge in [0.2, 0.25) is 5.91 Å². The van der Waals surface area contributed by atoms with E-state index >= 15 is 0 Å². The van der Waals surface area contributed by atoms with Crippen molar-refractivity contribution in [1.82, 2.24) is 4.90 Å². The number of unbranched alkanes of at least 4 members (excludes halogenated alkanes) is 1. The summed E-state index contributed by atoms with van der Waals surface area (Å²) in [5, 5.41) is 0. The minimum Gasteiger partial charge on any atom is -0.469 e. The minimum atomic E-state index is -0.345. The second kappa shape index (κ2) is 9.10. The van der Waals surface area contributed by atoms with Gasteiger partial charge in [-0.2, -0.15) is 0 Å². The van der Waals surface area contributed by atoms with Gasteiger partial charge in [-0.15, -0.1) is 0 Å². The van der Waals surface area contributed by atoms with Gasteiger partial charge in [0.1, 0.15) is 5.82 Å². The molecule has 1 aromatic carbocycles. The third-order valence-corrected chi connectivity index (χ3v) is 3.20. The van der Waals surface area contributed by atoms with Crippen LogP contribution < -0.4 is 0 Å². The quantitative estimate of drug-likeness (QED) is 0.693. The Kier molecular flexibility index (Phi) is 7.43. The maximum absolute atomic E-state index is 12.9. The average molecular weight is 295 g/mol. The number of hydrogen-bond donors (Lipinski definition) is 0. The lowest BCUT2D eigenvalue weighted by Gasteiger charge is -2.22. The molecule has 0 aliphatic carbocycles. The van der Waals surface area contributed by atoms with E-state index in [9.17, 15) is 14.0 Å². The third kappa shape index (κ3) is 6.38. The number of rotatable bonds is 8. The Hall–Kier alpha value is -1.91. The molecule has 0 unspecified atom stereocenters. The number of nitrogens with zero attached hydrogens (tertiary/aromatic N) is 1. The van der Waals surface area contributed by atoms with Gasteiger partial charge >= 0.3 is 5.97 Å². The molecule has 0 bridgehead atoms. The van der Waals surface area contributed by atoms with Crippen LogP contribution in [0.2, 0.25) is 0 Å². The van der Waals surface area contributed by atoms with E-state index in [0.717, 1.165) is 18.4 Å². The van der Waals surface area contributed by atoms with Crippen molar-refractivity contribution in [2.45, 2.75) is 39.2 Å². The smallest absolute Gasteiger partial charge is 0.307 e. The second-order valence-electron chi connectivity index (χ2n) is 4.87. The summed E-state index contributed by atoms with van der Waals surface area (Å²) in [7, 11) is 1.32. The molecule has 0 heterocycles. The summed E-state index contributed by atoms with van der Waals surface area (Å²) >= 11 is 0. The highest BCUT2D eigenvalue weighted by atomic mass is 19.1. The van der Waals surface area contributed by atoms with Crippen LogP contribution in [0.1, 0.15) is 38.2 Å². The van der Waals surface area contributed by atoms with Gasteiger partial charge < -0.3 is 9.64 Å². The van der Waals surface area contributed by atoms with Gasteiger partial charge in [-0.25, -0.2) is 4.39 Å². The first kappa shape index (κ1) is 17.1. The molecule has 5 heteroatoms. The number of hydrogen-bond acceptors (Lipinski definition) is 3. The Labute approximate surface area is 124 Å². The van der Waals surface area contributed by atoms with Crippen LogP contribution in [0, 0.1) is 5.82 Å². The SMILES string of the molecule is CCCCC(=O)N(CCC(=O)OC)Cc1ccc(F)cc1. The Morgan fingerprint density at radius 2 is 1.86 bits per heavy atom. The molecule has 1 amide bonds. The summed E-state index contributed by atoms with van der Waals surface area (Å²) in [6, 6.07) is 6.02. The van der Waals surface area contributed by atoms with Crippen molar-refractivity contribution in [3.63, 3.8) is 0 Å². The normalized spacial score (nSPS) is 10.2. The molecule has 1 rings (SSSR count). The highest BCUT2D eigenvalue weighted by molar-refractivity contribution is 5.77. The van der Waals surface area contributed by atoms with E-state index in [1.54, 1.807) is 17.0 Å². The van der Waals surface area contributed by atoms with Crippen LogP contribution in [0.4, 0.5) is 4.39 Å². The summed E-state index contributed by atoms with van der Waals surface area (Å²) in [5.74, 6) is -0.648. The Balaban J connectivity index is 2.67. The fourth-order valence-electron chi connectivity index (χ4n) is 1.92. The maximum atomic E-state index is 12.9. The Bertz CT molecular complexity index is 459. The highest BCUT2D eigenvalue weighted by Crippen LogP contribution is 2.10. The number of esters is 1. The molecule has 116 valence electrons. The number of benzene rings is 1. The molecular weight excluding hydrogens is 273 g/mol. The summed E-state index contributed by atoms with van der Waals surface area (Å²) in [5.41, 5.74) is 0.839. The minimum absolute atomic E-state index is 0.00470. The number of amides is 1. The van der Waals surface area contributed by atoms with Crippen molar-refractivity contribution in [1.29, 1.82) is 0 Å². The Morgan fingerprint density at radius 1 is 1.19 bits per heavy atom. The number of ether oxygens (including phenoxy) is 1. The van der Waals surface area contributed by atoms with Crippen molar-refractivity contribution < 1.29 is 18.7 Å². The molecular formula is C16H22FNO3.